The predicted octanol–water partition coefficient (Wildman–Crippen LogP) is 3.69. The summed E-state index contributed by atoms with van der Waals surface area (Å²) in [5.41, 5.74) is 3.24. The summed E-state index contributed by atoms with van der Waals surface area (Å²) >= 11 is 0. The van der Waals surface area contributed by atoms with E-state index >= 15 is 0 Å². The Kier molecular flexibility index (Phi) is 5.43. The number of rotatable bonds is 6. The molecule has 1 aliphatic heterocycles. The van der Waals surface area contributed by atoms with Crippen molar-refractivity contribution in [2.75, 3.05) is 6.54 Å². The van der Waals surface area contributed by atoms with E-state index in [2.05, 4.69) is 50.0 Å². The van der Waals surface area contributed by atoms with Crippen molar-refractivity contribution >= 4 is 5.91 Å². The third kappa shape index (κ3) is 4.36. The lowest BCUT2D eigenvalue weighted by atomic mass is 10.1. The minimum atomic E-state index is 0.0360. The molecule has 6 nitrogen and oxygen atoms in total. The highest BCUT2D eigenvalue weighted by Crippen LogP contribution is 2.30. The molecule has 29 heavy (non-hydrogen) atoms. The van der Waals surface area contributed by atoms with Crippen LogP contribution in [-0.2, 0) is 17.8 Å². The Labute approximate surface area is 171 Å². The maximum absolute atomic E-state index is 12.7. The van der Waals surface area contributed by atoms with Crippen LogP contribution in [0.1, 0.15) is 49.0 Å². The zero-order chi connectivity index (χ0) is 20.4. The number of carbonyl (C=O) groups is 1. The molecule has 0 saturated carbocycles. The van der Waals surface area contributed by atoms with Crippen molar-refractivity contribution in [3.63, 3.8) is 0 Å². The van der Waals surface area contributed by atoms with Gasteiger partial charge in [-0.1, -0.05) is 37.6 Å². The van der Waals surface area contributed by atoms with Gasteiger partial charge in [-0.05, 0) is 36.6 Å². The van der Waals surface area contributed by atoms with Crippen LogP contribution in [0.4, 0.5) is 0 Å². The zero-order valence-corrected chi connectivity index (χ0v) is 17.2. The van der Waals surface area contributed by atoms with Crippen molar-refractivity contribution < 1.29 is 4.79 Å². The first kappa shape index (κ1) is 19.3. The monoisotopic (exact) mass is 389 g/mol. The van der Waals surface area contributed by atoms with Gasteiger partial charge < -0.3 is 4.90 Å². The number of hydrogen-bond acceptors (Lipinski definition) is 4. The smallest absolute Gasteiger partial charge is 0.223 e. The molecular weight excluding hydrogens is 362 g/mol. The van der Waals surface area contributed by atoms with E-state index in [9.17, 15) is 4.79 Å². The van der Waals surface area contributed by atoms with Crippen LogP contribution in [0.3, 0.4) is 0 Å². The van der Waals surface area contributed by atoms with Gasteiger partial charge in [-0.25, -0.2) is 9.67 Å². The van der Waals surface area contributed by atoms with E-state index in [4.69, 9.17) is 10.1 Å². The Morgan fingerprint density at radius 1 is 1.17 bits per heavy atom. The summed E-state index contributed by atoms with van der Waals surface area (Å²) in [6.45, 7) is 7.64. The quantitative estimate of drug-likeness (QED) is 0.645. The number of aromatic nitrogens is 4. The molecule has 0 spiro atoms. The van der Waals surface area contributed by atoms with Gasteiger partial charge in [0.1, 0.15) is 5.82 Å². The fourth-order valence-electron chi connectivity index (χ4n) is 3.77. The van der Waals surface area contributed by atoms with Crippen LogP contribution >= 0.6 is 0 Å². The van der Waals surface area contributed by atoms with Gasteiger partial charge in [0.05, 0.1) is 5.69 Å². The fraction of sp³-hybridized carbons (Fsp3) is 0.391. The molecule has 6 heteroatoms. The van der Waals surface area contributed by atoms with Crippen molar-refractivity contribution in [2.24, 2.45) is 5.92 Å². The van der Waals surface area contributed by atoms with Crippen LogP contribution in [-0.4, -0.2) is 37.1 Å². The number of hydrogen-bond donors (Lipinski definition) is 0. The lowest BCUT2D eigenvalue weighted by Crippen LogP contribution is -2.24. The second-order valence-corrected chi connectivity index (χ2v) is 8.27. The molecule has 0 unspecified atom stereocenters. The lowest BCUT2D eigenvalue weighted by molar-refractivity contribution is -0.128. The average molecular weight is 390 g/mol. The number of amides is 1. The molecule has 0 radical (unpaired) electrons. The maximum atomic E-state index is 12.7. The van der Waals surface area contributed by atoms with E-state index < -0.39 is 0 Å². The number of pyridine rings is 1. The Morgan fingerprint density at radius 3 is 2.66 bits per heavy atom. The van der Waals surface area contributed by atoms with Crippen LogP contribution in [0.5, 0.6) is 0 Å². The molecule has 1 fully saturated rings. The molecule has 3 heterocycles. The van der Waals surface area contributed by atoms with Gasteiger partial charge in [-0.2, -0.15) is 5.10 Å². The molecule has 1 amide bonds. The van der Waals surface area contributed by atoms with Crippen LogP contribution < -0.4 is 0 Å². The molecule has 2 aromatic heterocycles. The van der Waals surface area contributed by atoms with E-state index in [1.165, 1.54) is 5.56 Å². The maximum Gasteiger partial charge on any atom is 0.223 e. The summed E-state index contributed by atoms with van der Waals surface area (Å²) in [4.78, 5) is 23.6. The second-order valence-electron chi connectivity index (χ2n) is 8.27. The second kappa shape index (κ2) is 8.15. The third-order valence-electron chi connectivity index (χ3n) is 5.22. The average Bonchev–Trinajstić information content (AvgIpc) is 3.26. The number of benzene rings is 1. The molecule has 1 aliphatic rings. The van der Waals surface area contributed by atoms with E-state index in [1.807, 2.05) is 27.9 Å². The Bertz CT molecular complexity index is 978. The minimum absolute atomic E-state index is 0.0360. The first-order chi connectivity index (χ1) is 14.0. The Hall–Kier alpha value is -3.02. The first-order valence-corrected chi connectivity index (χ1v) is 10.2. The van der Waals surface area contributed by atoms with Gasteiger partial charge in [0.15, 0.2) is 5.82 Å². The fourth-order valence-corrected chi connectivity index (χ4v) is 3.77. The van der Waals surface area contributed by atoms with E-state index in [0.717, 1.165) is 29.3 Å². The van der Waals surface area contributed by atoms with Gasteiger partial charge >= 0.3 is 0 Å². The molecule has 0 N–H and O–H groups in total. The van der Waals surface area contributed by atoms with Crippen molar-refractivity contribution in [2.45, 2.75) is 46.1 Å². The molecule has 150 valence electrons. The van der Waals surface area contributed by atoms with Gasteiger partial charge in [0, 0.05) is 44.2 Å². The highest BCUT2D eigenvalue weighted by Gasteiger charge is 2.34. The number of carbonyl (C=O) groups excluding carboxylic acids is 1. The third-order valence-corrected chi connectivity index (χ3v) is 5.22. The van der Waals surface area contributed by atoms with Gasteiger partial charge in [-0.15, -0.1) is 0 Å². The summed E-state index contributed by atoms with van der Waals surface area (Å²) in [7, 11) is 0. The van der Waals surface area contributed by atoms with E-state index in [-0.39, 0.29) is 11.8 Å². The summed E-state index contributed by atoms with van der Waals surface area (Å²) in [6.07, 6.45) is 4.85. The van der Waals surface area contributed by atoms with Crippen LogP contribution in [0.25, 0.3) is 5.69 Å². The summed E-state index contributed by atoms with van der Waals surface area (Å²) < 4.78 is 1.93. The number of aryl methyl sites for hydroxylation is 1. The van der Waals surface area contributed by atoms with Gasteiger partial charge in [0.2, 0.25) is 5.91 Å². The number of nitrogens with zero attached hydrogens (tertiary/aromatic N) is 5. The first-order valence-electron chi connectivity index (χ1n) is 10.2. The van der Waals surface area contributed by atoms with Crippen LogP contribution in [0.2, 0.25) is 0 Å². The minimum Gasteiger partial charge on any atom is -0.338 e. The van der Waals surface area contributed by atoms with Crippen molar-refractivity contribution in [3.8, 4) is 5.69 Å². The van der Waals surface area contributed by atoms with Crippen LogP contribution in [0.15, 0.2) is 48.8 Å². The normalized spacial score (nSPS) is 16.8. The molecule has 1 saturated heterocycles. The van der Waals surface area contributed by atoms with Crippen molar-refractivity contribution in [1.29, 1.82) is 0 Å². The molecular formula is C23H27N5O. The summed E-state index contributed by atoms with van der Waals surface area (Å²) in [5.74, 6) is 2.39. The van der Waals surface area contributed by atoms with Crippen molar-refractivity contribution in [3.05, 3.63) is 71.6 Å². The molecule has 4 rings (SSSR count). The zero-order valence-electron chi connectivity index (χ0n) is 17.2. The predicted molar refractivity (Wildman–Crippen MR) is 112 cm³/mol. The lowest BCUT2D eigenvalue weighted by Gasteiger charge is -2.16. The largest absolute Gasteiger partial charge is 0.338 e. The molecule has 0 bridgehead atoms. The standard InChI is InChI=1S/C23H27N5O/c1-16(2)11-21-25-23(28(26-21)20-8-6-17(3)7-9-20)19-12-22(29)27(15-19)14-18-5-4-10-24-13-18/h4-10,13,16,19H,11-12,14-15H2,1-3H3/t19-/m0/s1. The SMILES string of the molecule is Cc1ccc(-n2nc(CC(C)C)nc2[C@H]2CC(=O)N(Cc3cccnc3)C2)cc1. The van der Waals surface area contributed by atoms with E-state index in [0.29, 0.717) is 25.4 Å². The molecule has 1 atom stereocenters. The number of likely N-dealkylation sites (tertiary alicyclic amines) is 1. The summed E-state index contributed by atoms with van der Waals surface area (Å²) in [5, 5.41) is 4.79. The van der Waals surface area contributed by atoms with Gasteiger partial charge in [0.25, 0.3) is 0 Å². The molecule has 3 aromatic rings. The highest BCUT2D eigenvalue weighted by atomic mass is 16.2. The summed E-state index contributed by atoms with van der Waals surface area (Å²) in [6, 6.07) is 12.2. The molecule has 0 aliphatic carbocycles. The Balaban J connectivity index is 1.62. The van der Waals surface area contributed by atoms with Gasteiger partial charge in [-0.3, -0.25) is 9.78 Å². The van der Waals surface area contributed by atoms with Crippen molar-refractivity contribution in [1.82, 2.24) is 24.6 Å². The molecule has 1 aromatic carbocycles. The van der Waals surface area contributed by atoms with Crippen LogP contribution in [0, 0.1) is 12.8 Å². The van der Waals surface area contributed by atoms with E-state index in [1.54, 1.807) is 6.20 Å². The Morgan fingerprint density at radius 2 is 1.97 bits per heavy atom. The topological polar surface area (TPSA) is 63.9 Å². The highest BCUT2D eigenvalue weighted by molar-refractivity contribution is 5.79.